The lowest BCUT2D eigenvalue weighted by atomic mass is 10.1. The Morgan fingerprint density at radius 1 is 1.05 bits per heavy atom. The molecule has 0 atom stereocenters. The predicted molar refractivity (Wildman–Crippen MR) is 80.9 cm³/mol. The Kier molecular flexibility index (Phi) is 3.67. The van der Waals surface area contributed by atoms with Gasteiger partial charge in [0.05, 0.1) is 0 Å². The minimum atomic E-state index is 0.226. The molecule has 0 amide bonds. The zero-order valence-electron chi connectivity index (χ0n) is 10.7. The maximum atomic E-state index is 9.31. The molecular formula is C15H8BrN5. The Morgan fingerprint density at radius 3 is 2.67 bits per heavy atom. The molecule has 3 aromatic rings. The van der Waals surface area contributed by atoms with Crippen LogP contribution in [0.2, 0.25) is 0 Å². The number of halogens is 1. The third kappa shape index (κ3) is 2.78. The summed E-state index contributed by atoms with van der Waals surface area (Å²) in [6.45, 7) is 0. The number of hydrogen-bond acceptors (Lipinski definition) is 5. The number of aromatic nitrogens is 4. The first kappa shape index (κ1) is 13.3. The van der Waals surface area contributed by atoms with E-state index in [2.05, 4.69) is 42.2 Å². The average molecular weight is 338 g/mol. The Hall–Kier alpha value is -2.65. The number of hydrogen-bond donors (Lipinski definition) is 0. The summed E-state index contributed by atoms with van der Waals surface area (Å²) >= 11 is 3.40. The molecule has 0 aliphatic heterocycles. The molecule has 2 aromatic heterocycles. The molecule has 3 rings (SSSR count). The quantitative estimate of drug-likeness (QED) is 0.717. The van der Waals surface area contributed by atoms with Gasteiger partial charge in [-0.25, -0.2) is 4.98 Å². The van der Waals surface area contributed by atoms with Gasteiger partial charge in [0.2, 0.25) is 5.82 Å². The van der Waals surface area contributed by atoms with Crippen LogP contribution in [0.1, 0.15) is 5.69 Å². The largest absolute Gasteiger partial charge is 0.253 e. The highest BCUT2D eigenvalue weighted by Gasteiger charge is 2.12. The van der Waals surface area contributed by atoms with Gasteiger partial charge in [-0.05, 0) is 24.3 Å². The molecule has 0 aliphatic carbocycles. The van der Waals surface area contributed by atoms with Crippen LogP contribution in [0.5, 0.6) is 0 Å². The van der Waals surface area contributed by atoms with Crippen LogP contribution in [0.4, 0.5) is 0 Å². The van der Waals surface area contributed by atoms with Crippen molar-refractivity contribution in [2.24, 2.45) is 0 Å². The lowest BCUT2D eigenvalue weighted by Gasteiger charge is -2.04. The van der Waals surface area contributed by atoms with Crippen molar-refractivity contribution in [3.05, 3.63) is 58.8 Å². The van der Waals surface area contributed by atoms with Crippen LogP contribution in [-0.4, -0.2) is 20.2 Å². The second-order valence-electron chi connectivity index (χ2n) is 4.17. The molecule has 100 valence electrons. The van der Waals surface area contributed by atoms with Gasteiger partial charge < -0.3 is 0 Å². The molecule has 5 nitrogen and oxygen atoms in total. The standard InChI is InChI=1S/C15H8BrN5/c16-11-5-3-4-10(8-11)14-13(9-17)19-15(21-20-14)12-6-1-2-7-18-12/h1-8H. The van der Waals surface area contributed by atoms with Crippen molar-refractivity contribution in [3.63, 3.8) is 0 Å². The van der Waals surface area contributed by atoms with E-state index in [0.29, 0.717) is 17.2 Å². The van der Waals surface area contributed by atoms with Crippen LogP contribution in [0.3, 0.4) is 0 Å². The molecule has 0 radical (unpaired) electrons. The van der Waals surface area contributed by atoms with Crippen molar-refractivity contribution in [1.82, 2.24) is 20.2 Å². The summed E-state index contributed by atoms with van der Waals surface area (Å²) in [5.74, 6) is 0.339. The third-order valence-corrected chi connectivity index (χ3v) is 3.28. The fourth-order valence-corrected chi connectivity index (χ4v) is 2.24. The first-order chi connectivity index (χ1) is 10.3. The van der Waals surface area contributed by atoms with E-state index in [9.17, 15) is 5.26 Å². The van der Waals surface area contributed by atoms with Gasteiger partial charge in [-0.3, -0.25) is 4.98 Å². The highest BCUT2D eigenvalue weighted by molar-refractivity contribution is 9.10. The summed E-state index contributed by atoms with van der Waals surface area (Å²) in [6.07, 6.45) is 1.65. The molecule has 0 fully saturated rings. The number of nitriles is 1. The summed E-state index contributed by atoms with van der Waals surface area (Å²) in [5.41, 5.74) is 2.05. The Labute approximate surface area is 129 Å². The van der Waals surface area contributed by atoms with Gasteiger partial charge in [-0.1, -0.05) is 34.1 Å². The first-order valence-electron chi connectivity index (χ1n) is 6.10. The summed E-state index contributed by atoms with van der Waals surface area (Å²) < 4.78 is 0.902. The molecule has 1 aromatic carbocycles. The van der Waals surface area contributed by atoms with Crippen LogP contribution in [-0.2, 0) is 0 Å². The summed E-state index contributed by atoms with van der Waals surface area (Å²) in [7, 11) is 0. The van der Waals surface area contributed by atoms with Crippen molar-refractivity contribution < 1.29 is 0 Å². The van der Waals surface area contributed by atoms with Gasteiger partial charge in [0.15, 0.2) is 5.69 Å². The van der Waals surface area contributed by atoms with Gasteiger partial charge in [0.1, 0.15) is 17.5 Å². The monoisotopic (exact) mass is 337 g/mol. The van der Waals surface area contributed by atoms with Crippen molar-refractivity contribution in [1.29, 1.82) is 5.26 Å². The minimum absolute atomic E-state index is 0.226. The van der Waals surface area contributed by atoms with Gasteiger partial charge in [0, 0.05) is 16.2 Å². The van der Waals surface area contributed by atoms with E-state index in [4.69, 9.17) is 0 Å². The third-order valence-electron chi connectivity index (χ3n) is 2.78. The summed E-state index contributed by atoms with van der Waals surface area (Å²) in [5, 5.41) is 17.5. The lowest BCUT2D eigenvalue weighted by molar-refractivity contribution is 0.966. The summed E-state index contributed by atoms with van der Waals surface area (Å²) in [6, 6.07) is 15.0. The maximum Gasteiger partial charge on any atom is 0.201 e. The normalized spacial score (nSPS) is 10.1. The van der Waals surface area contributed by atoms with E-state index in [1.807, 2.05) is 30.3 Å². The number of nitrogens with zero attached hydrogens (tertiary/aromatic N) is 5. The molecule has 0 saturated heterocycles. The zero-order valence-corrected chi connectivity index (χ0v) is 12.3. The molecular weight excluding hydrogens is 330 g/mol. The topological polar surface area (TPSA) is 75.3 Å². The average Bonchev–Trinajstić information content (AvgIpc) is 2.55. The molecule has 0 N–H and O–H groups in total. The molecule has 6 heteroatoms. The van der Waals surface area contributed by atoms with E-state index in [1.54, 1.807) is 18.3 Å². The predicted octanol–water partition coefficient (Wildman–Crippen LogP) is 3.23. The first-order valence-corrected chi connectivity index (χ1v) is 6.89. The van der Waals surface area contributed by atoms with E-state index >= 15 is 0 Å². The molecule has 0 spiro atoms. The van der Waals surface area contributed by atoms with Gasteiger partial charge in [-0.2, -0.15) is 5.26 Å². The number of benzene rings is 1. The molecule has 21 heavy (non-hydrogen) atoms. The van der Waals surface area contributed by atoms with Crippen LogP contribution in [0.15, 0.2) is 53.1 Å². The van der Waals surface area contributed by atoms with Crippen molar-refractivity contribution in [2.75, 3.05) is 0 Å². The molecule has 0 aliphatic rings. The number of pyridine rings is 1. The van der Waals surface area contributed by atoms with Crippen LogP contribution < -0.4 is 0 Å². The van der Waals surface area contributed by atoms with Crippen LogP contribution >= 0.6 is 15.9 Å². The minimum Gasteiger partial charge on any atom is -0.253 e. The molecule has 0 bridgehead atoms. The van der Waals surface area contributed by atoms with Crippen molar-refractivity contribution in [2.45, 2.75) is 0 Å². The SMILES string of the molecule is N#Cc1nc(-c2ccccn2)nnc1-c1cccc(Br)c1. The fraction of sp³-hybridized carbons (Fsp3) is 0. The summed E-state index contributed by atoms with van der Waals surface area (Å²) in [4.78, 5) is 8.41. The molecule has 2 heterocycles. The van der Waals surface area contributed by atoms with Gasteiger partial charge in [0.25, 0.3) is 0 Å². The Balaban J connectivity index is 2.11. The van der Waals surface area contributed by atoms with Crippen LogP contribution in [0, 0.1) is 11.3 Å². The highest BCUT2D eigenvalue weighted by atomic mass is 79.9. The molecule has 0 unspecified atom stereocenters. The van der Waals surface area contributed by atoms with E-state index in [1.165, 1.54) is 0 Å². The fourth-order valence-electron chi connectivity index (χ4n) is 1.84. The van der Waals surface area contributed by atoms with Gasteiger partial charge in [-0.15, -0.1) is 10.2 Å². The zero-order chi connectivity index (χ0) is 14.7. The lowest BCUT2D eigenvalue weighted by Crippen LogP contribution is -2.01. The Morgan fingerprint density at radius 2 is 1.95 bits per heavy atom. The van der Waals surface area contributed by atoms with E-state index in [0.717, 1.165) is 10.0 Å². The highest BCUT2D eigenvalue weighted by Crippen LogP contribution is 2.23. The van der Waals surface area contributed by atoms with E-state index < -0.39 is 0 Å². The van der Waals surface area contributed by atoms with Gasteiger partial charge >= 0.3 is 0 Å². The van der Waals surface area contributed by atoms with E-state index in [-0.39, 0.29) is 5.69 Å². The van der Waals surface area contributed by atoms with Crippen LogP contribution in [0.25, 0.3) is 22.8 Å². The Bertz CT molecular complexity index is 827. The van der Waals surface area contributed by atoms with Crippen molar-refractivity contribution >= 4 is 15.9 Å². The van der Waals surface area contributed by atoms with Crippen molar-refractivity contribution in [3.8, 4) is 28.8 Å². The second kappa shape index (κ2) is 5.77. The maximum absolute atomic E-state index is 9.31. The number of rotatable bonds is 2. The smallest absolute Gasteiger partial charge is 0.201 e. The molecule has 0 saturated carbocycles. The second-order valence-corrected chi connectivity index (χ2v) is 5.09.